The Kier molecular flexibility index (Phi) is 5.56. The van der Waals surface area contributed by atoms with E-state index in [0.717, 1.165) is 5.56 Å². The maximum atomic E-state index is 14.3. The molecule has 0 atom stereocenters. The van der Waals surface area contributed by atoms with Crippen molar-refractivity contribution >= 4 is 11.6 Å². The minimum atomic E-state index is -0.267. The molecular formula is C16H24FN3O. The Morgan fingerprint density at radius 1 is 1.38 bits per heavy atom. The Bertz CT molecular complexity index is 488. The molecule has 1 aliphatic carbocycles. The number of benzene rings is 1. The molecule has 21 heavy (non-hydrogen) atoms. The maximum Gasteiger partial charge on any atom is 0.239 e. The van der Waals surface area contributed by atoms with Crippen LogP contribution in [0, 0.1) is 5.82 Å². The van der Waals surface area contributed by atoms with Gasteiger partial charge in [-0.25, -0.2) is 4.39 Å². The molecule has 1 fully saturated rings. The fourth-order valence-electron chi connectivity index (χ4n) is 2.37. The fraction of sp³-hybridized carbons (Fsp3) is 0.562. The molecule has 2 rings (SSSR count). The second kappa shape index (κ2) is 7.41. The maximum absolute atomic E-state index is 14.3. The van der Waals surface area contributed by atoms with Crippen molar-refractivity contribution in [2.45, 2.75) is 39.3 Å². The number of nitrogens with zero attached hydrogens (tertiary/aromatic N) is 1. The van der Waals surface area contributed by atoms with Gasteiger partial charge < -0.3 is 15.5 Å². The fourth-order valence-corrected chi connectivity index (χ4v) is 2.37. The largest absolute Gasteiger partial charge is 0.360 e. The van der Waals surface area contributed by atoms with Crippen molar-refractivity contribution in [2.24, 2.45) is 0 Å². The van der Waals surface area contributed by atoms with Gasteiger partial charge in [-0.05, 0) is 38.3 Å². The lowest BCUT2D eigenvalue weighted by molar-refractivity contribution is -0.119. The van der Waals surface area contributed by atoms with Crippen LogP contribution >= 0.6 is 0 Å². The number of para-hydroxylation sites is 1. The van der Waals surface area contributed by atoms with Crippen LogP contribution in [0.1, 0.15) is 32.3 Å². The molecule has 5 heteroatoms. The zero-order chi connectivity index (χ0) is 15.2. The summed E-state index contributed by atoms with van der Waals surface area (Å²) in [5, 5.41) is 6.16. The van der Waals surface area contributed by atoms with E-state index < -0.39 is 0 Å². The van der Waals surface area contributed by atoms with Gasteiger partial charge in [-0.1, -0.05) is 12.1 Å². The molecule has 0 aliphatic heterocycles. The number of likely N-dealkylation sites (N-methyl/N-ethyl adjacent to an activating group) is 2. The number of halogens is 1. The average molecular weight is 293 g/mol. The van der Waals surface area contributed by atoms with Gasteiger partial charge in [0.25, 0.3) is 0 Å². The van der Waals surface area contributed by atoms with Gasteiger partial charge in [0.1, 0.15) is 5.82 Å². The van der Waals surface area contributed by atoms with Crippen LogP contribution in [0.5, 0.6) is 0 Å². The van der Waals surface area contributed by atoms with Crippen LogP contribution in [-0.4, -0.2) is 31.6 Å². The number of carbonyl (C=O) groups excluding carboxylic acids is 1. The molecule has 0 saturated heterocycles. The van der Waals surface area contributed by atoms with Crippen LogP contribution in [0.4, 0.5) is 10.1 Å². The third-order valence-electron chi connectivity index (χ3n) is 3.64. The number of hydrogen-bond acceptors (Lipinski definition) is 3. The summed E-state index contributed by atoms with van der Waals surface area (Å²) in [7, 11) is 0. The first-order valence-corrected chi connectivity index (χ1v) is 7.68. The standard InChI is InChI=1S/C16H24FN3O/c1-3-18-15(21)11-20(4-2)16-12(6-5-7-14(16)17)10-19-13-8-9-13/h5-7,13,19H,3-4,8-11H2,1-2H3,(H,18,21). The van der Waals surface area contributed by atoms with E-state index >= 15 is 0 Å². The second-order valence-electron chi connectivity index (χ2n) is 5.37. The van der Waals surface area contributed by atoms with Crippen LogP contribution in [-0.2, 0) is 11.3 Å². The highest BCUT2D eigenvalue weighted by molar-refractivity contribution is 5.81. The van der Waals surface area contributed by atoms with Crippen molar-refractivity contribution in [2.75, 3.05) is 24.5 Å². The Morgan fingerprint density at radius 3 is 2.76 bits per heavy atom. The average Bonchev–Trinajstić information content (AvgIpc) is 3.27. The van der Waals surface area contributed by atoms with Gasteiger partial charge in [-0.2, -0.15) is 0 Å². The summed E-state index contributed by atoms with van der Waals surface area (Å²) >= 11 is 0. The van der Waals surface area contributed by atoms with Crippen molar-refractivity contribution in [1.82, 2.24) is 10.6 Å². The summed E-state index contributed by atoms with van der Waals surface area (Å²) in [5.74, 6) is -0.347. The summed E-state index contributed by atoms with van der Waals surface area (Å²) in [6.07, 6.45) is 2.39. The SMILES string of the molecule is CCNC(=O)CN(CC)c1c(F)cccc1CNC1CC1. The normalized spacial score (nSPS) is 14.0. The van der Waals surface area contributed by atoms with Gasteiger partial charge >= 0.3 is 0 Å². The molecule has 4 nitrogen and oxygen atoms in total. The lowest BCUT2D eigenvalue weighted by atomic mass is 10.1. The highest BCUT2D eigenvalue weighted by Gasteiger charge is 2.22. The molecule has 0 heterocycles. The number of rotatable bonds is 8. The smallest absolute Gasteiger partial charge is 0.239 e. The van der Waals surface area contributed by atoms with Gasteiger partial charge in [-0.15, -0.1) is 0 Å². The van der Waals surface area contributed by atoms with Crippen LogP contribution < -0.4 is 15.5 Å². The van der Waals surface area contributed by atoms with Crippen LogP contribution in [0.25, 0.3) is 0 Å². The van der Waals surface area contributed by atoms with Gasteiger partial charge in [0.15, 0.2) is 0 Å². The van der Waals surface area contributed by atoms with Crippen LogP contribution in [0.15, 0.2) is 18.2 Å². The molecular weight excluding hydrogens is 269 g/mol. The van der Waals surface area contributed by atoms with Crippen molar-refractivity contribution in [3.05, 3.63) is 29.6 Å². The van der Waals surface area contributed by atoms with Crippen molar-refractivity contribution < 1.29 is 9.18 Å². The molecule has 0 unspecified atom stereocenters. The molecule has 0 aromatic heterocycles. The molecule has 1 aliphatic rings. The van der Waals surface area contributed by atoms with Crippen molar-refractivity contribution in [3.8, 4) is 0 Å². The second-order valence-corrected chi connectivity index (χ2v) is 5.37. The number of amides is 1. The van der Waals surface area contributed by atoms with E-state index in [4.69, 9.17) is 0 Å². The molecule has 116 valence electrons. The van der Waals surface area contributed by atoms with Gasteiger partial charge in [0.05, 0.1) is 12.2 Å². The van der Waals surface area contributed by atoms with E-state index in [1.54, 1.807) is 11.0 Å². The first-order valence-electron chi connectivity index (χ1n) is 7.68. The predicted molar refractivity (Wildman–Crippen MR) is 82.8 cm³/mol. The summed E-state index contributed by atoms with van der Waals surface area (Å²) in [6.45, 7) is 5.82. The monoisotopic (exact) mass is 293 g/mol. The van der Waals surface area contributed by atoms with Crippen molar-refractivity contribution in [1.29, 1.82) is 0 Å². The highest BCUT2D eigenvalue weighted by atomic mass is 19.1. The van der Waals surface area contributed by atoms with Crippen LogP contribution in [0.3, 0.4) is 0 Å². The molecule has 2 N–H and O–H groups in total. The number of carbonyl (C=O) groups is 1. The topological polar surface area (TPSA) is 44.4 Å². The predicted octanol–water partition coefficient (Wildman–Crippen LogP) is 2.04. The number of hydrogen-bond donors (Lipinski definition) is 2. The molecule has 0 radical (unpaired) electrons. The third kappa shape index (κ3) is 4.43. The zero-order valence-electron chi connectivity index (χ0n) is 12.8. The van der Waals surface area contributed by atoms with E-state index in [9.17, 15) is 9.18 Å². The molecule has 1 aromatic carbocycles. The Labute approximate surface area is 125 Å². The Balaban J connectivity index is 2.14. The first-order chi connectivity index (χ1) is 10.2. The number of nitrogens with one attached hydrogen (secondary N) is 2. The van der Waals surface area contributed by atoms with Gasteiger partial charge in [0.2, 0.25) is 5.91 Å². The van der Waals surface area contributed by atoms with E-state index in [-0.39, 0.29) is 18.3 Å². The minimum Gasteiger partial charge on any atom is -0.360 e. The highest BCUT2D eigenvalue weighted by Crippen LogP contribution is 2.26. The number of anilines is 1. The van der Waals surface area contributed by atoms with E-state index in [0.29, 0.717) is 31.4 Å². The van der Waals surface area contributed by atoms with Crippen LogP contribution in [0.2, 0.25) is 0 Å². The quantitative estimate of drug-likeness (QED) is 0.771. The third-order valence-corrected chi connectivity index (χ3v) is 3.64. The molecule has 0 spiro atoms. The lowest BCUT2D eigenvalue weighted by Gasteiger charge is -2.25. The minimum absolute atomic E-state index is 0.0799. The summed E-state index contributed by atoms with van der Waals surface area (Å²) in [5.41, 5.74) is 1.45. The zero-order valence-corrected chi connectivity index (χ0v) is 12.8. The molecule has 1 aromatic rings. The van der Waals surface area contributed by atoms with Gasteiger partial charge in [-0.3, -0.25) is 4.79 Å². The molecule has 0 bridgehead atoms. The van der Waals surface area contributed by atoms with E-state index in [1.165, 1.54) is 18.9 Å². The van der Waals surface area contributed by atoms with Gasteiger partial charge in [0, 0.05) is 25.7 Å². The Morgan fingerprint density at radius 2 is 2.14 bits per heavy atom. The Hall–Kier alpha value is -1.62. The van der Waals surface area contributed by atoms with E-state index in [2.05, 4.69) is 10.6 Å². The summed E-state index contributed by atoms with van der Waals surface area (Å²) < 4.78 is 14.3. The van der Waals surface area contributed by atoms with E-state index in [1.807, 2.05) is 19.9 Å². The first kappa shape index (κ1) is 15.8. The summed E-state index contributed by atoms with van der Waals surface area (Å²) in [6, 6.07) is 5.67. The summed E-state index contributed by atoms with van der Waals surface area (Å²) in [4.78, 5) is 13.6. The molecule has 1 amide bonds. The molecule has 1 saturated carbocycles. The lowest BCUT2D eigenvalue weighted by Crippen LogP contribution is -2.38. The van der Waals surface area contributed by atoms with Crippen molar-refractivity contribution in [3.63, 3.8) is 0 Å².